The molecule has 1 saturated carbocycles. The molecule has 2 N–H and O–H groups in total. The molecule has 0 bridgehead atoms. The van der Waals surface area contributed by atoms with Crippen LogP contribution in [0.4, 0.5) is 0 Å². The second-order valence-corrected chi connectivity index (χ2v) is 5.09. The highest BCUT2D eigenvalue weighted by molar-refractivity contribution is 5.08. The number of likely N-dealkylation sites (N-methyl/N-ethyl adjacent to an activating group) is 1. The van der Waals surface area contributed by atoms with Crippen LogP contribution in [0.3, 0.4) is 0 Å². The van der Waals surface area contributed by atoms with Crippen LogP contribution in [0.1, 0.15) is 37.1 Å². The maximum atomic E-state index is 6.15. The van der Waals surface area contributed by atoms with Gasteiger partial charge in [0.1, 0.15) is 6.10 Å². The smallest absolute Gasteiger partial charge is 0.246 e. The zero-order valence-corrected chi connectivity index (χ0v) is 10.1. The average Bonchev–Trinajstić information content (AvgIpc) is 2.75. The summed E-state index contributed by atoms with van der Waals surface area (Å²) in [6.45, 7) is 2.46. The topological polar surface area (TPSA) is 77.4 Å². The van der Waals surface area contributed by atoms with Crippen LogP contribution in [-0.4, -0.2) is 41.8 Å². The predicted molar refractivity (Wildman–Crippen MR) is 60.2 cm³/mol. The second kappa shape index (κ2) is 4.04. The minimum absolute atomic E-state index is 0.0880. The number of rotatable bonds is 2. The number of aromatic nitrogens is 2. The third kappa shape index (κ3) is 1.96. The summed E-state index contributed by atoms with van der Waals surface area (Å²) in [7, 11) is 2.06. The highest BCUT2D eigenvalue weighted by atomic mass is 16.5. The monoisotopic (exact) mass is 238 g/mol. The van der Waals surface area contributed by atoms with E-state index in [0.29, 0.717) is 18.3 Å². The number of nitrogens with zero attached hydrogens (tertiary/aromatic N) is 3. The van der Waals surface area contributed by atoms with E-state index in [1.165, 1.54) is 0 Å². The number of hydrogen-bond acceptors (Lipinski definition) is 6. The normalized spacial score (nSPS) is 28.9. The molecule has 0 spiro atoms. The molecule has 1 aliphatic carbocycles. The Morgan fingerprint density at radius 1 is 1.47 bits per heavy atom. The highest BCUT2D eigenvalue weighted by Crippen LogP contribution is 2.38. The molecule has 1 aromatic rings. The van der Waals surface area contributed by atoms with E-state index in [1.54, 1.807) is 0 Å². The Hall–Kier alpha value is -0.980. The molecule has 0 radical (unpaired) electrons. The van der Waals surface area contributed by atoms with Crippen molar-refractivity contribution >= 4 is 0 Å². The Labute approximate surface area is 100 Å². The van der Waals surface area contributed by atoms with E-state index in [4.69, 9.17) is 15.0 Å². The molecule has 2 fully saturated rings. The first-order chi connectivity index (χ1) is 8.17. The molecule has 1 aliphatic heterocycles. The number of hydrogen-bond donors (Lipinski definition) is 1. The predicted octanol–water partition coefficient (Wildman–Crippen LogP) is 0.411. The van der Waals surface area contributed by atoms with E-state index in [1.807, 2.05) is 0 Å². The van der Waals surface area contributed by atoms with Crippen LogP contribution in [0.25, 0.3) is 0 Å². The average molecular weight is 238 g/mol. The molecule has 0 amide bonds. The molecule has 2 aliphatic rings. The van der Waals surface area contributed by atoms with Crippen molar-refractivity contribution in [1.82, 2.24) is 15.0 Å². The third-order valence-corrected chi connectivity index (χ3v) is 3.67. The lowest BCUT2D eigenvalue weighted by atomic mass is 9.78. The quantitative estimate of drug-likeness (QED) is 0.804. The van der Waals surface area contributed by atoms with Gasteiger partial charge in [-0.1, -0.05) is 5.16 Å². The second-order valence-electron chi connectivity index (χ2n) is 5.09. The van der Waals surface area contributed by atoms with Crippen molar-refractivity contribution in [3.63, 3.8) is 0 Å². The zero-order chi connectivity index (χ0) is 11.9. The van der Waals surface area contributed by atoms with Gasteiger partial charge in [-0.3, -0.25) is 0 Å². The van der Waals surface area contributed by atoms with Crippen LogP contribution < -0.4 is 5.73 Å². The van der Waals surface area contributed by atoms with E-state index < -0.39 is 0 Å². The Bertz CT molecular complexity index is 402. The van der Waals surface area contributed by atoms with Crippen molar-refractivity contribution in [2.24, 2.45) is 5.73 Å². The van der Waals surface area contributed by atoms with Gasteiger partial charge in [-0.2, -0.15) is 4.98 Å². The zero-order valence-electron chi connectivity index (χ0n) is 10.1. The van der Waals surface area contributed by atoms with Gasteiger partial charge >= 0.3 is 0 Å². The van der Waals surface area contributed by atoms with Crippen LogP contribution in [0, 0.1) is 0 Å². The Kier molecular flexibility index (Phi) is 2.65. The van der Waals surface area contributed by atoms with Crippen molar-refractivity contribution in [3.05, 3.63) is 11.7 Å². The molecule has 3 rings (SSSR count). The van der Waals surface area contributed by atoms with Gasteiger partial charge in [0, 0.05) is 13.1 Å². The van der Waals surface area contributed by atoms with Gasteiger partial charge in [0.15, 0.2) is 0 Å². The first kappa shape index (κ1) is 11.1. The summed E-state index contributed by atoms with van der Waals surface area (Å²) in [5, 5.41) is 4.00. The lowest BCUT2D eigenvalue weighted by molar-refractivity contribution is -0.0264. The Morgan fingerprint density at radius 3 is 2.94 bits per heavy atom. The van der Waals surface area contributed by atoms with Crippen LogP contribution in [0.2, 0.25) is 0 Å². The molecule has 1 aromatic heterocycles. The van der Waals surface area contributed by atoms with Crippen molar-refractivity contribution in [2.45, 2.75) is 30.9 Å². The van der Waals surface area contributed by atoms with Crippen molar-refractivity contribution in [2.75, 3.05) is 26.7 Å². The maximum Gasteiger partial charge on any atom is 0.246 e. The van der Waals surface area contributed by atoms with Crippen molar-refractivity contribution in [3.8, 4) is 0 Å². The summed E-state index contributed by atoms with van der Waals surface area (Å²) in [6.07, 6.45) is 2.91. The summed E-state index contributed by atoms with van der Waals surface area (Å²) >= 11 is 0. The number of nitrogens with two attached hydrogens (primary N) is 1. The third-order valence-electron chi connectivity index (χ3n) is 3.67. The molecule has 0 aromatic carbocycles. The molecule has 94 valence electrons. The van der Waals surface area contributed by atoms with E-state index in [-0.39, 0.29) is 11.6 Å². The van der Waals surface area contributed by atoms with Gasteiger partial charge in [0.25, 0.3) is 0 Å². The van der Waals surface area contributed by atoms with E-state index >= 15 is 0 Å². The summed E-state index contributed by atoms with van der Waals surface area (Å²) < 4.78 is 10.9. The molecule has 2 heterocycles. The molecule has 6 nitrogen and oxygen atoms in total. The summed E-state index contributed by atoms with van der Waals surface area (Å²) in [5.41, 5.74) is 5.76. The molecule has 1 atom stereocenters. The highest BCUT2D eigenvalue weighted by Gasteiger charge is 2.40. The molecule has 1 unspecified atom stereocenters. The van der Waals surface area contributed by atoms with Crippen LogP contribution in [0.15, 0.2) is 4.52 Å². The standard InChI is InChI=1S/C11H18N4O2/c1-15-5-6-16-8(7-15)9-13-10(17-14-9)11(12)3-2-4-11/h8H,2-7,12H2,1H3. The SMILES string of the molecule is CN1CCOC(c2noc(C3(N)CCC3)n2)C1. The lowest BCUT2D eigenvalue weighted by Crippen LogP contribution is -2.43. The van der Waals surface area contributed by atoms with E-state index in [9.17, 15) is 0 Å². The number of morpholine rings is 1. The van der Waals surface area contributed by atoms with Gasteiger partial charge in [0.2, 0.25) is 11.7 Å². The van der Waals surface area contributed by atoms with Crippen molar-refractivity contribution < 1.29 is 9.26 Å². The Balaban J connectivity index is 1.75. The first-order valence-electron chi connectivity index (χ1n) is 6.10. The molecule has 1 saturated heterocycles. The lowest BCUT2D eigenvalue weighted by Gasteiger charge is -2.33. The molecule has 17 heavy (non-hydrogen) atoms. The first-order valence-corrected chi connectivity index (χ1v) is 6.10. The number of ether oxygens (including phenoxy) is 1. The fourth-order valence-corrected chi connectivity index (χ4v) is 2.27. The van der Waals surface area contributed by atoms with Gasteiger partial charge in [-0.15, -0.1) is 0 Å². The van der Waals surface area contributed by atoms with Gasteiger partial charge in [-0.25, -0.2) is 0 Å². The summed E-state index contributed by atoms with van der Waals surface area (Å²) in [5.74, 6) is 1.19. The fourth-order valence-electron chi connectivity index (χ4n) is 2.27. The van der Waals surface area contributed by atoms with Gasteiger partial charge < -0.3 is 19.9 Å². The van der Waals surface area contributed by atoms with Crippen LogP contribution in [0.5, 0.6) is 0 Å². The van der Waals surface area contributed by atoms with Crippen LogP contribution in [-0.2, 0) is 10.3 Å². The minimum atomic E-state index is -0.383. The fraction of sp³-hybridized carbons (Fsp3) is 0.818. The van der Waals surface area contributed by atoms with E-state index in [2.05, 4.69) is 22.1 Å². The largest absolute Gasteiger partial charge is 0.367 e. The van der Waals surface area contributed by atoms with Gasteiger partial charge in [-0.05, 0) is 26.3 Å². The minimum Gasteiger partial charge on any atom is -0.367 e. The summed E-state index contributed by atoms with van der Waals surface area (Å²) in [4.78, 5) is 6.61. The van der Waals surface area contributed by atoms with Crippen LogP contribution >= 0.6 is 0 Å². The molecule has 6 heteroatoms. The summed E-state index contributed by atoms with van der Waals surface area (Å²) in [6, 6.07) is 0. The maximum absolute atomic E-state index is 6.15. The van der Waals surface area contributed by atoms with E-state index in [0.717, 1.165) is 32.4 Å². The van der Waals surface area contributed by atoms with Crippen molar-refractivity contribution in [1.29, 1.82) is 0 Å². The Morgan fingerprint density at radius 2 is 2.29 bits per heavy atom. The molecular weight excluding hydrogens is 220 g/mol. The molecular formula is C11H18N4O2. The van der Waals surface area contributed by atoms with Gasteiger partial charge in [0.05, 0.1) is 12.1 Å².